The van der Waals surface area contributed by atoms with Gasteiger partial charge < -0.3 is 29.8 Å². The van der Waals surface area contributed by atoms with Gasteiger partial charge in [0.05, 0.1) is 29.4 Å². The largest absolute Gasteiger partial charge is 0.497 e. The predicted molar refractivity (Wildman–Crippen MR) is 141 cm³/mol. The summed E-state index contributed by atoms with van der Waals surface area (Å²) in [4.78, 5) is 37.4. The molecule has 2 amide bonds. The molecule has 0 saturated heterocycles. The minimum Gasteiger partial charge on any atom is -0.497 e. The van der Waals surface area contributed by atoms with Gasteiger partial charge in [0.15, 0.2) is 11.0 Å². The molecule has 0 atom stereocenters. The number of rotatable bonds is 12. The molecule has 0 fully saturated rings. The van der Waals surface area contributed by atoms with E-state index in [0.29, 0.717) is 28.8 Å². The van der Waals surface area contributed by atoms with Crippen LogP contribution in [-0.4, -0.2) is 51.5 Å². The SMILES string of the molecule is CCn1c(COc2ccc(OC)cc2)nnc1SCC(=O)Nc1sc(C(N)=O)c(C)c1C(=O)OC(C)C. The summed E-state index contributed by atoms with van der Waals surface area (Å²) >= 11 is 2.13. The predicted octanol–water partition coefficient (Wildman–Crippen LogP) is 3.65. The number of thioether (sulfide) groups is 1. The molecule has 3 aromatic rings. The van der Waals surface area contributed by atoms with E-state index in [1.807, 2.05) is 11.5 Å². The number of nitrogens with zero attached hydrogens (tertiary/aromatic N) is 3. The van der Waals surface area contributed by atoms with Gasteiger partial charge in [0.25, 0.3) is 5.91 Å². The number of carbonyl (C=O) groups excluding carboxylic acids is 3. The molecule has 0 aliphatic heterocycles. The molecule has 37 heavy (non-hydrogen) atoms. The zero-order valence-electron chi connectivity index (χ0n) is 21.2. The Hall–Kier alpha value is -3.58. The fourth-order valence-electron chi connectivity index (χ4n) is 3.32. The second-order valence-electron chi connectivity index (χ2n) is 8.02. The molecular formula is C24H29N5O6S2. The average molecular weight is 548 g/mol. The minimum atomic E-state index is -0.684. The number of nitrogens with two attached hydrogens (primary N) is 1. The van der Waals surface area contributed by atoms with E-state index in [2.05, 4.69) is 15.5 Å². The number of benzene rings is 1. The topological polar surface area (TPSA) is 148 Å². The Morgan fingerprint density at radius 1 is 1.16 bits per heavy atom. The lowest BCUT2D eigenvalue weighted by atomic mass is 10.1. The first-order chi connectivity index (χ1) is 17.6. The Kier molecular flexibility index (Phi) is 9.53. The number of hydrogen-bond acceptors (Lipinski definition) is 10. The molecule has 0 aliphatic carbocycles. The number of thiophene rings is 1. The number of primary amides is 1. The minimum absolute atomic E-state index is 0.00100. The van der Waals surface area contributed by atoms with E-state index in [9.17, 15) is 14.4 Å². The van der Waals surface area contributed by atoms with E-state index in [-0.39, 0.29) is 39.8 Å². The molecule has 2 aromatic heterocycles. The summed E-state index contributed by atoms with van der Waals surface area (Å²) in [6.45, 7) is 7.74. The summed E-state index contributed by atoms with van der Waals surface area (Å²) in [7, 11) is 1.60. The number of aromatic nitrogens is 3. The van der Waals surface area contributed by atoms with Crippen LogP contribution in [-0.2, 0) is 22.7 Å². The summed E-state index contributed by atoms with van der Waals surface area (Å²) < 4.78 is 18.1. The molecule has 3 N–H and O–H groups in total. The Morgan fingerprint density at radius 3 is 2.43 bits per heavy atom. The Bertz CT molecular complexity index is 1270. The van der Waals surface area contributed by atoms with Gasteiger partial charge in [-0.1, -0.05) is 11.8 Å². The van der Waals surface area contributed by atoms with Crippen molar-refractivity contribution >= 4 is 45.9 Å². The zero-order chi connectivity index (χ0) is 27.1. The van der Waals surface area contributed by atoms with Crippen molar-refractivity contribution in [2.24, 2.45) is 5.73 Å². The van der Waals surface area contributed by atoms with E-state index >= 15 is 0 Å². The molecule has 0 aliphatic rings. The summed E-state index contributed by atoms with van der Waals surface area (Å²) in [6, 6.07) is 7.20. The van der Waals surface area contributed by atoms with Crippen molar-refractivity contribution < 1.29 is 28.6 Å². The molecular weight excluding hydrogens is 518 g/mol. The van der Waals surface area contributed by atoms with Crippen molar-refractivity contribution in [1.29, 1.82) is 0 Å². The van der Waals surface area contributed by atoms with E-state index in [1.54, 1.807) is 52.1 Å². The van der Waals surface area contributed by atoms with Crippen LogP contribution in [0.1, 0.15) is 52.2 Å². The lowest BCUT2D eigenvalue weighted by molar-refractivity contribution is -0.113. The Morgan fingerprint density at radius 2 is 1.84 bits per heavy atom. The number of esters is 1. The van der Waals surface area contributed by atoms with Gasteiger partial charge in [-0.2, -0.15) is 0 Å². The van der Waals surface area contributed by atoms with Crippen LogP contribution in [0.2, 0.25) is 0 Å². The number of ether oxygens (including phenoxy) is 3. The number of carbonyl (C=O) groups is 3. The third-order valence-electron chi connectivity index (χ3n) is 5.04. The van der Waals surface area contributed by atoms with E-state index in [1.165, 1.54) is 11.8 Å². The van der Waals surface area contributed by atoms with Crippen molar-refractivity contribution in [1.82, 2.24) is 14.8 Å². The summed E-state index contributed by atoms with van der Waals surface area (Å²) in [5.74, 6) is 0.297. The average Bonchev–Trinajstić information content (AvgIpc) is 3.40. The molecule has 1 aromatic carbocycles. The molecule has 0 saturated carbocycles. The second-order valence-corrected chi connectivity index (χ2v) is 9.99. The number of methoxy groups -OCH3 is 1. The second kappa shape index (κ2) is 12.6. The lowest BCUT2D eigenvalue weighted by Crippen LogP contribution is -2.18. The third kappa shape index (κ3) is 7.01. The number of hydrogen-bond donors (Lipinski definition) is 2. The van der Waals surface area contributed by atoms with Crippen molar-refractivity contribution in [2.75, 3.05) is 18.2 Å². The molecule has 13 heteroatoms. The van der Waals surface area contributed by atoms with E-state index < -0.39 is 11.9 Å². The van der Waals surface area contributed by atoms with Gasteiger partial charge in [0.2, 0.25) is 5.91 Å². The zero-order valence-corrected chi connectivity index (χ0v) is 22.8. The van der Waals surface area contributed by atoms with Crippen LogP contribution in [0.3, 0.4) is 0 Å². The summed E-state index contributed by atoms with van der Waals surface area (Å²) in [5, 5.41) is 11.9. The smallest absolute Gasteiger partial charge is 0.341 e. The van der Waals surface area contributed by atoms with Crippen LogP contribution < -0.4 is 20.5 Å². The van der Waals surface area contributed by atoms with Gasteiger partial charge >= 0.3 is 5.97 Å². The number of nitrogens with one attached hydrogen (secondary N) is 1. The van der Waals surface area contributed by atoms with E-state index in [4.69, 9.17) is 19.9 Å². The monoisotopic (exact) mass is 547 g/mol. The highest BCUT2D eigenvalue weighted by Gasteiger charge is 2.26. The van der Waals surface area contributed by atoms with Crippen molar-refractivity contribution in [3.05, 3.63) is 46.1 Å². The Labute approximate surface area is 222 Å². The first-order valence-corrected chi connectivity index (χ1v) is 13.2. The quantitative estimate of drug-likeness (QED) is 0.256. The molecule has 3 rings (SSSR count). The van der Waals surface area contributed by atoms with Crippen LogP contribution in [0.4, 0.5) is 5.00 Å². The first kappa shape index (κ1) is 28.0. The fraction of sp³-hybridized carbons (Fsp3) is 0.375. The highest BCUT2D eigenvalue weighted by Crippen LogP contribution is 2.34. The van der Waals surface area contributed by atoms with Gasteiger partial charge in [-0.15, -0.1) is 21.5 Å². The maximum atomic E-state index is 12.8. The van der Waals surface area contributed by atoms with Crippen molar-refractivity contribution in [2.45, 2.75) is 52.1 Å². The molecule has 0 unspecified atom stereocenters. The van der Waals surface area contributed by atoms with Crippen LogP contribution in [0.5, 0.6) is 11.5 Å². The maximum Gasteiger partial charge on any atom is 0.341 e. The van der Waals surface area contributed by atoms with Gasteiger partial charge in [-0.3, -0.25) is 9.59 Å². The Balaban J connectivity index is 1.67. The highest BCUT2D eigenvalue weighted by atomic mass is 32.2. The van der Waals surface area contributed by atoms with E-state index in [0.717, 1.165) is 17.1 Å². The van der Waals surface area contributed by atoms with Crippen molar-refractivity contribution in [3.8, 4) is 11.5 Å². The highest BCUT2D eigenvalue weighted by molar-refractivity contribution is 7.99. The van der Waals surface area contributed by atoms with Crippen LogP contribution >= 0.6 is 23.1 Å². The standard InChI is InChI=1S/C24H29N5O6S2/c1-6-29-17(11-34-16-9-7-15(33-5)8-10-16)27-28-24(29)36-12-18(30)26-22-19(23(32)35-13(2)3)14(4)20(37-22)21(25)31/h7-10,13H,6,11-12H2,1-5H3,(H2,25,31)(H,26,30). The molecule has 2 heterocycles. The molecule has 198 valence electrons. The van der Waals surface area contributed by atoms with Crippen LogP contribution in [0.15, 0.2) is 29.4 Å². The number of anilines is 1. The van der Waals surface area contributed by atoms with Gasteiger partial charge in [-0.05, 0) is 57.5 Å². The van der Waals surface area contributed by atoms with Crippen LogP contribution in [0, 0.1) is 6.92 Å². The van der Waals surface area contributed by atoms with Gasteiger partial charge in [0, 0.05) is 6.54 Å². The van der Waals surface area contributed by atoms with Crippen molar-refractivity contribution in [3.63, 3.8) is 0 Å². The molecule has 0 radical (unpaired) electrons. The van der Waals surface area contributed by atoms with Crippen LogP contribution in [0.25, 0.3) is 0 Å². The third-order valence-corrected chi connectivity index (χ3v) is 7.23. The summed E-state index contributed by atoms with van der Waals surface area (Å²) in [6.07, 6.45) is -0.369. The summed E-state index contributed by atoms with van der Waals surface area (Å²) in [5.41, 5.74) is 5.94. The lowest BCUT2D eigenvalue weighted by Gasteiger charge is -2.11. The van der Waals surface area contributed by atoms with Gasteiger partial charge in [-0.25, -0.2) is 4.79 Å². The molecule has 0 spiro atoms. The maximum absolute atomic E-state index is 12.8. The molecule has 0 bridgehead atoms. The normalized spacial score (nSPS) is 10.9. The fourth-order valence-corrected chi connectivity index (χ4v) is 5.20. The first-order valence-electron chi connectivity index (χ1n) is 11.4. The van der Waals surface area contributed by atoms with Gasteiger partial charge in [0.1, 0.15) is 23.1 Å². The molecule has 11 nitrogen and oxygen atoms in total. The number of amides is 2.